The zero-order valence-electron chi connectivity index (χ0n) is 19.7. The Morgan fingerprint density at radius 1 is 1.08 bits per heavy atom. The van der Waals surface area contributed by atoms with Gasteiger partial charge in [-0.15, -0.1) is 0 Å². The standard InChI is InChI=1S/C27H24F3NO5/c1-34-24-19-10-11-31(26(33)27(28,29)30)20-13-16-12-17(36-14-15-6-4-3-5-7-15)8-9-18(16)22(21(19)20)23(32)25(24)35-2/h3-9,12,20,32H,10-11,13-14H2,1-2H3. The van der Waals surface area contributed by atoms with Crippen molar-refractivity contribution < 1.29 is 37.3 Å². The molecule has 0 radical (unpaired) electrons. The number of ether oxygens (including phenoxy) is 3. The lowest BCUT2D eigenvalue weighted by molar-refractivity contribution is -0.188. The van der Waals surface area contributed by atoms with E-state index in [9.17, 15) is 23.1 Å². The Morgan fingerprint density at radius 3 is 2.47 bits per heavy atom. The summed E-state index contributed by atoms with van der Waals surface area (Å²) in [7, 11) is 2.80. The van der Waals surface area contributed by atoms with Crippen LogP contribution in [0.25, 0.3) is 11.1 Å². The molecular weight excluding hydrogens is 475 g/mol. The molecule has 3 aromatic rings. The van der Waals surface area contributed by atoms with E-state index in [2.05, 4.69) is 0 Å². The summed E-state index contributed by atoms with van der Waals surface area (Å²) in [6.45, 7) is 0.179. The van der Waals surface area contributed by atoms with Gasteiger partial charge < -0.3 is 24.2 Å². The normalized spacial score (nSPS) is 16.1. The van der Waals surface area contributed by atoms with Crippen molar-refractivity contribution in [3.63, 3.8) is 0 Å². The van der Waals surface area contributed by atoms with Crippen molar-refractivity contribution in [3.05, 3.63) is 70.8 Å². The Bertz CT molecular complexity index is 1320. The monoisotopic (exact) mass is 499 g/mol. The second-order valence-electron chi connectivity index (χ2n) is 8.74. The lowest BCUT2D eigenvalue weighted by Gasteiger charge is -2.42. The van der Waals surface area contributed by atoms with Gasteiger partial charge in [-0.2, -0.15) is 13.2 Å². The fourth-order valence-corrected chi connectivity index (χ4v) is 5.24. The zero-order valence-corrected chi connectivity index (χ0v) is 19.7. The zero-order chi connectivity index (χ0) is 25.6. The fourth-order valence-electron chi connectivity index (χ4n) is 5.24. The van der Waals surface area contributed by atoms with Gasteiger partial charge in [-0.3, -0.25) is 4.79 Å². The molecular formula is C27H24F3NO5. The lowest BCUT2D eigenvalue weighted by atomic mass is 9.76. The number of phenolic OH excluding ortho intramolecular Hbond substituents is 1. The maximum Gasteiger partial charge on any atom is 0.471 e. The van der Waals surface area contributed by atoms with E-state index in [0.717, 1.165) is 10.5 Å². The van der Waals surface area contributed by atoms with Gasteiger partial charge in [0.1, 0.15) is 12.4 Å². The molecule has 9 heteroatoms. The molecule has 1 amide bonds. The topological polar surface area (TPSA) is 68.2 Å². The van der Waals surface area contributed by atoms with Gasteiger partial charge in [-0.05, 0) is 47.2 Å². The number of rotatable bonds is 5. The molecule has 2 aliphatic rings. The highest BCUT2D eigenvalue weighted by molar-refractivity contribution is 5.89. The van der Waals surface area contributed by atoms with Crippen LogP contribution in [0.15, 0.2) is 48.5 Å². The van der Waals surface area contributed by atoms with Crippen molar-refractivity contribution in [3.8, 4) is 34.1 Å². The van der Waals surface area contributed by atoms with Gasteiger partial charge in [-0.25, -0.2) is 0 Å². The first-order valence-electron chi connectivity index (χ1n) is 11.4. The van der Waals surface area contributed by atoms with E-state index in [1.807, 2.05) is 30.3 Å². The number of benzene rings is 3. The third-order valence-corrected chi connectivity index (χ3v) is 6.76. The Morgan fingerprint density at radius 2 is 1.81 bits per heavy atom. The summed E-state index contributed by atoms with van der Waals surface area (Å²) in [4.78, 5) is 13.2. The minimum atomic E-state index is -5.02. The van der Waals surface area contributed by atoms with Gasteiger partial charge in [0.05, 0.1) is 20.3 Å². The molecule has 1 atom stereocenters. The molecule has 3 aromatic carbocycles. The lowest BCUT2D eigenvalue weighted by Crippen LogP contribution is -2.48. The van der Waals surface area contributed by atoms with Crippen LogP contribution in [-0.2, 0) is 24.2 Å². The third-order valence-electron chi connectivity index (χ3n) is 6.76. The average Bonchev–Trinajstić information content (AvgIpc) is 2.87. The summed E-state index contributed by atoms with van der Waals surface area (Å²) < 4.78 is 57.3. The van der Waals surface area contributed by atoms with Crippen LogP contribution in [-0.4, -0.2) is 42.9 Å². The van der Waals surface area contributed by atoms with Crippen LogP contribution < -0.4 is 14.2 Å². The summed E-state index contributed by atoms with van der Waals surface area (Å²) in [6, 6.07) is 13.9. The number of fused-ring (bicyclic) bond motifs is 2. The first kappa shape index (κ1) is 23.8. The molecule has 0 saturated carbocycles. The van der Waals surface area contributed by atoms with E-state index in [1.165, 1.54) is 14.2 Å². The third kappa shape index (κ3) is 3.88. The van der Waals surface area contributed by atoms with Crippen molar-refractivity contribution in [1.82, 2.24) is 4.90 Å². The van der Waals surface area contributed by atoms with Crippen LogP contribution in [0, 0.1) is 0 Å². The molecule has 1 N–H and O–H groups in total. The average molecular weight is 499 g/mol. The Balaban J connectivity index is 1.63. The number of hydrogen-bond donors (Lipinski definition) is 1. The smallest absolute Gasteiger partial charge is 0.471 e. The second kappa shape index (κ2) is 8.96. The van der Waals surface area contributed by atoms with Gasteiger partial charge in [-0.1, -0.05) is 36.4 Å². The molecule has 1 aliphatic carbocycles. The largest absolute Gasteiger partial charge is 0.504 e. The van der Waals surface area contributed by atoms with Gasteiger partial charge in [0.15, 0.2) is 11.5 Å². The van der Waals surface area contributed by atoms with E-state index < -0.39 is 18.1 Å². The molecule has 0 aromatic heterocycles. The van der Waals surface area contributed by atoms with Crippen LogP contribution in [0.2, 0.25) is 0 Å². The number of amides is 1. The van der Waals surface area contributed by atoms with E-state index in [4.69, 9.17) is 14.2 Å². The number of carbonyl (C=O) groups excluding carboxylic acids is 1. The molecule has 0 saturated heterocycles. The summed E-state index contributed by atoms with van der Waals surface area (Å²) in [5.74, 6) is -1.23. The molecule has 188 valence electrons. The van der Waals surface area contributed by atoms with Crippen molar-refractivity contribution in [2.45, 2.75) is 31.7 Å². The van der Waals surface area contributed by atoms with E-state index in [0.29, 0.717) is 40.2 Å². The fraction of sp³-hybridized carbons (Fsp3) is 0.296. The highest BCUT2D eigenvalue weighted by Gasteiger charge is 2.49. The van der Waals surface area contributed by atoms with Crippen molar-refractivity contribution in [1.29, 1.82) is 0 Å². The number of phenols is 1. The Hall–Kier alpha value is -3.88. The highest BCUT2D eigenvalue weighted by atomic mass is 19.4. The molecule has 1 unspecified atom stereocenters. The minimum Gasteiger partial charge on any atom is -0.504 e. The highest BCUT2D eigenvalue weighted by Crippen LogP contribution is 2.57. The van der Waals surface area contributed by atoms with Crippen molar-refractivity contribution >= 4 is 5.91 Å². The Kier molecular flexibility index (Phi) is 5.94. The summed E-state index contributed by atoms with van der Waals surface area (Å²) in [6.07, 6.45) is -4.75. The van der Waals surface area contributed by atoms with Gasteiger partial charge in [0.25, 0.3) is 0 Å². The minimum absolute atomic E-state index is 0.109. The molecule has 6 nitrogen and oxygen atoms in total. The number of halogens is 3. The predicted molar refractivity (Wildman–Crippen MR) is 125 cm³/mol. The number of alkyl halides is 3. The quantitative estimate of drug-likeness (QED) is 0.523. The molecule has 5 rings (SSSR count). The second-order valence-corrected chi connectivity index (χ2v) is 8.74. The molecule has 0 bridgehead atoms. The SMILES string of the molecule is COc1c(O)c2c3c(c1OC)CCN(C(=O)C(F)(F)F)C3Cc1cc(OCc3ccccc3)ccc1-2. The van der Waals surface area contributed by atoms with Crippen LogP contribution in [0.3, 0.4) is 0 Å². The summed E-state index contributed by atoms with van der Waals surface area (Å²) in [5, 5.41) is 11.2. The molecule has 1 aliphatic heterocycles. The van der Waals surface area contributed by atoms with Crippen molar-refractivity contribution in [2.24, 2.45) is 0 Å². The van der Waals surface area contributed by atoms with Crippen LogP contribution >= 0.6 is 0 Å². The summed E-state index contributed by atoms with van der Waals surface area (Å²) >= 11 is 0. The number of carbonyl (C=O) groups is 1. The maximum atomic E-state index is 13.5. The van der Waals surface area contributed by atoms with Crippen LogP contribution in [0.4, 0.5) is 13.2 Å². The molecule has 0 fully saturated rings. The van der Waals surface area contributed by atoms with Crippen LogP contribution in [0.5, 0.6) is 23.0 Å². The number of nitrogens with zero attached hydrogens (tertiary/aromatic N) is 1. The molecule has 0 spiro atoms. The van der Waals surface area contributed by atoms with Gasteiger partial charge in [0, 0.05) is 17.7 Å². The first-order chi connectivity index (χ1) is 17.2. The van der Waals surface area contributed by atoms with E-state index >= 15 is 0 Å². The van der Waals surface area contributed by atoms with Gasteiger partial charge >= 0.3 is 12.1 Å². The first-order valence-corrected chi connectivity index (χ1v) is 11.4. The molecule has 36 heavy (non-hydrogen) atoms. The van der Waals surface area contributed by atoms with Crippen LogP contribution in [0.1, 0.15) is 28.3 Å². The number of aromatic hydroxyl groups is 1. The maximum absolute atomic E-state index is 13.5. The van der Waals surface area contributed by atoms with Gasteiger partial charge in [0.2, 0.25) is 5.75 Å². The van der Waals surface area contributed by atoms with E-state index in [-0.39, 0.29) is 36.6 Å². The molecule has 1 heterocycles. The van der Waals surface area contributed by atoms with Crippen molar-refractivity contribution in [2.75, 3.05) is 20.8 Å². The van der Waals surface area contributed by atoms with E-state index in [1.54, 1.807) is 18.2 Å². The Labute approximate surface area is 205 Å². The number of methoxy groups -OCH3 is 2. The summed E-state index contributed by atoms with van der Waals surface area (Å²) in [5.41, 5.74) is 3.72. The number of hydrogen-bond acceptors (Lipinski definition) is 5. The predicted octanol–water partition coefficient (Wildman–Crippen LogP) is 5.20.